The summed E-state index contributed by atoms with van der Waals surface area (Å²) in [6, 6.07) is 0. The lowest BCUT2D eigenvalue weighted by Crippen LogP contribution is -2.54. The van der Waals surface area contributed by atoms with Crippen LogP contribution in [0.4, 0.5) is 8.78 Å². The van der Waals surface area contributed by atoms with Crippen molar-refractivity contribution in [3.8, 4) is 0 Å². The lowest BCUT2D eigenvalue weighted by molar-refractivity contribution is -0.0278. The van der Waals surface area contributed by atoms with Crippen molar-refractivity contribution in [1.29, 1.82) is 0 Å². The summed E-state index contributed by atoms with van der Waals surface area (Å²) in [7, 11) is 0. The van der Waals surface area contributed by atoms with E-state index in [0.29, 0.717) is 19.6 Å². The lowest BCUT2D eigenvalue weighted by Gasteiger charge is -2.32. The van der Waals surface area contributed by atoms with E-state index in [1.807, 2.05) is 6.92 Å². The molecule has 0 spiro atoms. The van der Waals surface area contributed by atoms with Gasteiger partial charge < -0.3 is 0 Å². The number of rotatable bonds is 2. The Kier molecular flexibility index (Phi) is 3.20. The first-order valence-electron chi connectivity index (χ1n) is 4.01. The molecule has 0 aromatic heterocycles. The summed E-state index contributed by atoms with van der Waals surface area (Å²) in [5.74, 6) is 0. The van der Waals surface area contributed by atoms with E-state index in [1.165, 1.54) is 4.90 Å². The molecule has 2 atom stereocenters. The molecule has 0 aliphatic carbocycles. The van der Waals surface area contributed by atoms with E-state index in [2.05, 4.69) is 5.32 Å². The van der Waals surface area contributed by atoms with Crippen LogP contribution in [0.5, 0.6) is 0 Å². The van der Waals surface area contributed by atoms with Crippen LogP contribution in [-0.4, -0.2) is 37.1 Å². The van der Waals surface area contributed by atoms with Gasteiger partial charge in [0.1, 0.15) is 0 Å². The number of hydrogen-bond acceptors (Lipinski definition) is 2. The highest BCUT2D eigenvalue weighted by Crippen LogP contribution is 2.11. The summed E-state index contributed by atoms with van der Waals surface area (Å²) in [5.41, 5.74) is 0. The molecular weight excluding hydrogens is 150 g/mol. The van der Waals surface area contributed by atoms with Gasteiger partial charge in [-0.3, -0.25) is 10.2 Å². The summed E-state index contributed by atoms with van der Waals surface area (Å²) in [4.78, 5) is 1.53. The Morgan fingerprint density at radius 3 is 2.91 bits per heavy atom. The first-order valence-corrected chi connectivity index (χ1v) is 4.01. The molecular formula is C7H14F2N2. The van der Waals surface area contributed by atoms with E-state index >= 15 is 0 Å². The molecule has 1 heterocycles. The number of halogens is 2. The quantitative estimate of drug-likeness (QED) is 0.610. The van der Waals surface area contributed by atoms with Gasteiger partial charge >= 0.3 is 0 Å². The average Bonchev–Trinajstić information content (AvgIpc) is 1.99. The Morgan fingerprint density at radius 2 is 2.27 bits per heavy atom. The molecule has 0 bridgehead atoms. The van der Waals surface area contributed by atoms with E-state index in [4.69, 9.17) is 0 Å². The fourth-order valence-corrected chi connectivity index (χ4v) is 1.27. The SMILES string of the molecule is CCCN1CCNC(F)C1F. The van der Waals surface area contributed by atoms with Crippen LogP contribution in [0.2, 0.25) is 0 Å². The Bertz CT molecular complexity index is 119. The van der Waals surface area contributed by atoms with E-state index in [0.717, 1.165) is 6.42 Å². The number of piperazine rings is 1. The van der Waals surface area contributed by atoms with Gasteiger partial charge in [0.05, 0.1) is 0 Å². The average molecular weight is 164 g/mol. The molecule has 0 saturated carbocycles. The Morgan fingerprint density at radius 1 is 1.55 bits per heavy atom. The molecule has 66 valence electrons. The molecule has 0 aromatic rings. The molecule has 1 fully saturated rings. The maximum absolute atomic E-state index is 12.9. The fourth-order valence-electron chi connectivity index (χ4n) is 1.27. The second-order valence-corrected chi connectivity index (χ2v) is 2.76. The predicted octanol–water partition coefficient (Wildman–Crippen LogP) is 0.893. The standard InChI is InChI=1S/C7H14F2N2/c1-2-4-11-5-3-10-6(8)7(11)9/h6-7,10H,2-5H2,1H3. The summed E-state index contributed by atoms with van der Waals surface area (Å²) >= 11 is 0. The van der Waals surface area contributed by atoms with Gasteiger partial charge in [0.15, 0.2) is 12.6 Å². The van der Waals surface area contributed by atoms with Gasteiger partial charge in [-0.15, -0.1) is 0 Å². The van der Waals surface area contributed by atoms with Crippen LogP contribution in [0.15, 0.2) is 0 Å². The number of alkyl halides is 2. The normalized spacial score (nSPS) is 34.1. The maximum atomic E-state index is 12.9. The number of hydrogen-bond donors (Lipinski definition) is 1. The molecule has 0 aromatic carbocycles. The lowest BCUT2D eigenvalue weighted by atomic mass is 10.3. The third-order valence-electron chi connectivity index (χ3n) is 1.84. The largest absolute Gasteiger partial charge is 0.283 e. The molecule has 0 radical (unpaired) electrons. The highest BCUT2D eigenvalue weighted by Gasteiger charge is 2.29. The molecule has 1 saturated heterocycles. The number of nitrogens with one attached hydrogen (secondary N) is 1. The third kappa shape index (κ3) is 2.10. The fraction of sp³-hybridized carbons (Fsp3) is 1.00. The van der Waals surface area contributed by atoms with Crippen LogP contribution in [0.25, 0.3) is 0 Å². The van der Waals surface area contributed by atoms with Crippen LogP contribution < -0.4 is 5.32 Å². The van der Waals surface area contributed by atoms with Gasteiger partial charge in [0, 0.05) is 19.6 Å². The van der Waals surface area contributed by atoms with Gasteiger partial charge in [-0.2, -0.15) is 0 Å². The first-order chi connectivity index (χ1) is 5.25. The van der Waals surface area contributed by atoms with Gasteiger partial charge in [0.2, 0.25) is 0 Å². The van der Waals surface area contributed by atoms with Crippen molar-refractivity contribution in [3.63, 3.8) is 0 Å². The topological polar surface area (TPSA) is 15.3 Å². The molecule has 4 heteroatoms. The van der Waals surface area contributed by atoms with Crippen molar-refractivity contribution >= 4 is 0 Å². The van der Waals surface area contributed by atoms with Crippen LogP contribution in [0.1, 0.15) is 13.3 Å². The highest BCUT2D eigenvalue weighted by molar-refractivity contribution is 4.75. The molecule has 1 aliphatic rings. The molecule has 11 heavy (non-hydrogen) atoms. The van der Waals surface area contributed by atoms with E-state index in [-0.39, 0.29) is 0 Å². The Labute approximate surface area is 65.6 Å². The minimum atomic E-state index is -1.50. The van der Waals surface area contributed by atoms with Crippen LogP contribution in [-0.2, 0) is 0 Å². The second-order valence-electron chi connectivity index (χ2n) is 2.76. The molecule has 2 nitrogen and oxygen atoms in total. The zero-order valence-electron chi connectivity index (χ0n) is 6.69. The van der Waals surface area contributed by atoms with Crippen LogP contribution in [0.3, 0.4) is 0 Å². The highest BCUT2D eigenvalue weighted by atomic mass is 19.2. The van der Waals surface area contributed by atoms with Crippen molar-refractivity contribution in [3.05, 3.63) is 0 Å². The zero-order chi connectivity index (χ0) is 8.27. The Hall–Kier alpha value is -0.220. The van der Waals surface area contributed by atoms with Crippen molar-refractivity contribution in [2.45, 2.75) is 25.9 Å². The minimum Gasteiger partial charge on any atom is -0.283 e. The van der Waals surface area contributed by atoms with E-state index in [1.54, 1.807) is 0 Å². The monoisotopic (exact) mass is 164 g/mol. The van der Waals surface area contributed by atoms with E-state index < -0.39 is 12.6 Å². The summed E-state index contributed by atoms with van der Waals surface area (Å²) < 4.78 is 25.5. The second kappa shape index (κ2) is 3.97. The summed E-state index contributed by atoms with van der Waals surface area (Å²) in [6.45, 7) is 3.75. The number of nitrogens with zero attached hydrogens (tertiary/aromatic N) is 1. The minimum absolute atomic E-state index is 0.543. The van der Waals surface area contributed by atoms with Crippen molar-refractivity contribution in [2.75, 3.05) is 19.6 Å². The zero-order valence-corrected chi connectivity index (χ0v) is 6.69. The smallest absolute Gasteiger partial charge is 0.198 e. The van der Waals surface area contributed by atoms with Crippen LogP contribution in [0, 0.1) is 0 Å². The van der Waals surface area contributed by atoms with Gasteiger partial charge in [0.25, 0.3) is 0 Å². The molecule has 1 rings (SSSR count). The Balaban J connectivity index is 2.38. The first kappa shape index (κ1) is 8.87. The van der Waals surface area contributed by atoms with Gasteiger partial charge in [-0.1, -0.05) is 6.92 Å². The van der Waals surface area contributed by atoms with E-state index in [9.17, 15) is 8.78 Å². The predicted molar refractivity (Wildman–Crippen MR) is 39.7 cm³/mol. The maximum Gasteiger partial charge on any atom is 0.198 e. The van der Waals surface area contributed by atoms with Crippen molar-refractivity contribution in [2.24, 2.45) is 0 Å². The van der Waals surface area contributed by atoms with Gasteiger partial charge in [-0.05, 0) is 6.42 Å². The summed E-state index contributed by atoms with van der Waals surface area (Å²) in [6.07, 6.45) is -2.09. The van der Waals surface area contributed by atoms with Gasteiger partial charge in [-0.25, -0.2) is 8.78 Å². The van der Waals surface area contributed by atoms with Crippen molar-refractivity contribution in [1.82, 2.24) is 10.2 Å². The van der Waals surface area contributed by atoms with Crippen molar-refractivity contribution < 1.29 is 8.78 Å². The third-order valence-corrected chi connectivity index (χ3v) is 1.84. The molecule has 0 amide bonds. The molecule has 1 aliphatic heterocycles. The summed E-state index contributed by atoms with van der Waals surface area (Å²) in [5, 5.41) is 2.44. The molecule has 1 N–H and O–H groups in total. The molecule has 2 unspecified atom stereocenters. The van der Waals surface area contributed by atoms with Crippen LogP contribution >= 0.6 is 0 Å².